The summed E-state index contributed by atoms with van der Waals surface area (Å²) in [6.07, 6.45) is 1.39. The van der Waals surface area contributed by atoms with E-state index in [0.717, 1.165) is 5.56 Å². The maximum atomic E-state index is 14.3. The van der Waals surface area contributed by atoms with E-state index in [1.807, 2.05) is 4.90 Å². The standard InChI is InChI=1S/C30H31Cl2N7O5S/c1-30(17-21-2-4-22(18-33)5-3-21)28(41)38(25-15-23(31)14-24(32)16-25)29-34-19-27(39(29)30)45(42,43)37-8-6-36(7-9-37)26(40)20-35-10-12-44-13-11-35/h2-5,14-16,19H,6-13,17,20H2,1H3. The van der Waals surface area contributed by atoms with Crippen LogP contribution in [0.25, 0.3) is 0 Å². The first-order valence-electron chi connectivity index (χ1n) is 14.5. The predicted octanol–water partition coefficient (Wildman–Crippen LogP) is 2.86. The Kier molecular flexibility index (Phi) is 8.64. The number of carbonyl (C=O) groups excluding carboxylic acids is 2. The lowest BCUT2D eigenvalue weighted by atomic mass is 9.91. The Labute approximate surface area is 271 Å². The maximum Gasteiger partial charge on any atom is 0.260 e. The number of aromatic nitrogens is 2. The summed E-state index contributed by atoms with van der Waals surface area (Å²) in [7, 11) is -4.14. The number of piperazine rings is 1. The van der Waals surface area contributed by atoms with E-state index in [2.05, 4.69) is 11.1 Å². The molecule has 236 valence electrons. The number of imidazole rings is 1. The van der Waals surface area contributed by atoms with Crippen molar-refractivity contribution in [2.75, 3.05) is 63.9 Å². The molecule has 3 aliphatic heterocycles. The van der Waals surface area contributed by atoms with Crippen molar-refractivity contribution in [2.45, 2.75) is 23.9 Å². The van der Waals surface area contributed by atoms with Crippen LogP contribution in [0.3, 0.4) is 0 Å². The number of halogens is 2. The van der Waals surface area contributed by atoms with Gasteiger partial charge < -0.3 is 9.64 Å². The molecule has 2 amide bonds. The van der Waals surface area contributed by atoms with Crippen molar-refractivity contribution in [1.82, 2.24) is 23.7 Å². The second-order valence-corrected chi connectivity index (χ2v) is 14.2. The molecule has 4 heterocycles. The van der Waals surface area contributed by atoms with Crippen LogP contribution in [-0.4, -0.2) is 103 Å². The number of morpholine rings is 1. The Morgan fingerprint density at radius 2 is 1.67 bits per heavy atom. The molecule has 45 heavy (non-hydrogen) atoms. The highest BCUT2D eigenvalue weighted by Gasteiger charge is 2.52. The first-order chi connectivity index (χ1) is 21.5. The summed E-state index contributed by atoms with van der Waals surface area (Å²) < 4.78 is 36.6. The summed E-state index contributed by atoms with van der Waals surface area (Å²) in [5, 5.41) is 9.71. The number of hydrogen-bond acceptors (Lipinski definition) is 8. The third-order valence-electron chi connectivity index (χ3n) is 8.46. The molecule has 15 heteroatoms. The lowest BCUT2D eigenvalue weighted by Crippen LogP contribution is -2.53. The van der Waals surface area contributed by atoms with Gasteiger partial charge in [0.25, 0.3) is 15.9 Å². The maximum absolute atomic E-state index is 14.3. The Morgan fingerprint density at radius 3 is 2.29 bits per heavy atom. The number of carbonyl (C=O) groups is 2. The van der Waals surface area contributed by atoms with Crippen molar-refractivity contribution in [3.05, 3.63) is 69.8 Å². The van der Waals surface area contributed by atoms with Gasteiger partial charge in [0.2, 0.25) is 11.9 Å². The van der Waals surface area contributed by atoms with Gasteiger partial charge in [-0.15, -0.1) is 0 Å². The number of hydrogen-bond donors (Lipinski definition) is 0. The number of anilines is 2. The molecule has 0 N–H and O–H groups in total. The lowest BCUT2D eigenvalue weighted by Gasteiger charge is -2.36. The second kappa shape index (κ2) is 12.4. The van der Waals surface area contributed by atoms with Gasteiger partial charge in [-0.1, -0.05) is 35.3 Å². The Bertz CT molecular complexity index is 1760. The minimum Gasteiger partial charge on any atom is -0.379 e. The summed E-state index contributed by atoms with van der Waals surface area (Å²) in [5.74, 6) is -0.341. The number of nitriles is 1. The van der Waals surface area contributed by atoms with Gasteiger partial charge in [-0.05, 0) is 42.8 Å². The number of amides is 2. The van der Waals surface area contributed by atoms with Gasteiger partial charge in [0.15, 0.2) is 5.03 Å². The number of rotatable bonds is 7. The molecule has 2 aromatic carbocycles. The average molecular weight is 673 g/mol. The molecular formula is C30H31Cl2N7O5S. The highest BCUT2D eigenvalue weighted by atomic mass is 35.5. The Morgan fingerprint density at radius 1 is 1.02 bits per heavy atom. The molecule has 6 rings (SSSR count). The molecule has 1 unspecified atom stereocenters. The van der Waals surface area contributed by atoms with Crippen LogP contribution in [-0.2, 0) is 36.3 Å². The normalized spacial score (nSPS) is 21.2. The highest BCUT2D eigenvalue weighted by molar-refractivity contribution is 7.89. The average Bonchev–Trinajstić information content (AvgIpc) is 3.55. The molecule has 2 fully saturated rings. The molecule has 3 aromatic rings. The number of fused-ring (bicyclic) bond motifs is 1. The highest BCUT2D eigenvalue weighted by Crippen LogP contribution is 2.45. The van der Waals surface area contributed by atoms with Crippen LogP contribution in [0.5, 0.6) is 0 Å². The van der Waals surface area contributed by atoms with E-state index in [-0.39, 0.29) is 56.0 Å². The van der Waals surface area contributed by atoms with Crippen molar-refractivity contribution >= 4 is 56.7 Å². The summed E-state index contributed by atoms with van der Waals surface area (Å²) >= 11 is 12.6. The van der Waals surface area contributed by atoms with Crippen LogP contribution in [0, 0.1) is 11.3 Å². The van der Waals surface area contributed by atoms with Crippen molar-refractivity contribution in [3.63, 3.8) is 0 Å². The van der Waals surface area contributed by atoms with Crippen LogP contribution in [0.2, 0.25) is 10.0 Å². The molecule has 1 aromatic heterocycles. The predicted molar refractivity (Wildman–Crippen MR) is 167 cm³/mol. The van der Waals surface area contributed by atoms with Gasteiger partial charge >= 0.3 is 0 Å². The fourth-order valence-corrected chi connectivity index (χ4v) is 8.19. The molecular weight excluding hydrogens is 641 g/mol. The van der Waals surface area contributed by atoms with E-state index in [4.69, 9.17) is 27.9 Å². The second-order valence-electron chi connectivity index (χ2n) is 11.4. The number of ether oxygens (including phenoxy) is 1. The van der Waals surface area contributed by atoms with E-state index >= 15 is 0 Å². The third kappa shape index (κ3) is 5.94. The van der Waals surface area contributed by atoms with Gasteiger partial charge in [-0.2, -0.15) is 9.57 Å². The first-order valence-corrected chi connectivity index (χ1v) is 16.7. The number of nitrogens with zero attached hydrogens (tertiary/aromatic N) is 7. The molecule has 3 aliphatic rings. The quantitative estimate of drug-likeness (QED) is 0.375. The van der Waals surface area contributed by atoms with E-state index in [1.165, 1.54) is 26.0 Å². The van der Waals surface area contributed by atoms with Gasteiger partial charge in [-0.3, -0.25) is 19.1 Å². The van der Waals surface area contributed by atoms with Gasteiger partial charge in [0.05, 0.1) is 43.3 Å². The monoisotopic (exact) mass is 671 g/mol. The smallest absolute Gasteiger partial charge is 0.260 e. The molecule has 12 nitrogen and oxygen atoms in total. The number of benzene rings is 2. The van der Waals surface area contributed by atoms with Crippen LogP contribution in [0.15, 0.2) is 53.7 Å². The summed E-state index contributed by atoms with van der Waals surface area (Å²) in [4.78, 5) is 36.7. The summed E-state index contributed by atoms with van der Waals surface area (Å²) in [6.45, 7) is 5.19. The van der Waals surface area contributed by atoms with Gasteiger partial charge in [0, 0.05) is 55.7 Å². The van der Waals surface area contributed by atoms with Crippen molar-refractivity contribution in [2.24, 2.45) is 0 Å². The van der Waals surface area contributed by atoms with Gasteiger partial charge in [0.1, 0.15) is 5.54 Å². The fourth-order valence-electron chi connectivity index (χ4n) is 6.07. The van der Waals surface area contributed by atoms with E-state index in [9.17, 15) is 23.3 Å². The lowest BCUT2D eigenvalue weighted by molar-refractivity contribution is -0.134. The van der Waals surface area contributed by atoms with Crippen LogP contribution < -0.4 is 4.90 Å². The van der Waals surface area contributed by atoms with Crippen molar-refractivity contribution < 1.29 is 22.7 Å². The van der Waals surface area contributed by atoms with Gasteiger partial charge in [-0.25, -0.2) is 18.3 Å². The van der Waals surface area contributed by atoms with Crippen molar-refractivity contribution in [1.29, 1.82) is 5.26 Å². The summed E-state index contributed by atoms with van der Waals surface area (Å²) in [5.41, 5.74) is 0.133. The first kappa shape index (κ1) is 31.5. The zero-order valence-electron chi connectivity index (χ0n) is 24.5. The topological polar surface area (TPSA) is 132 Å². The van der Waals surface area contributed by atoms with E-state index in [1.54, 1.807) is 48.2 Å². The third-order valence-corrected chi connectivity index (χ3v) is 10.8. The van der Waals surface area contributed by atoms with Crippen molar-refractivity contribution in [3.8, 4) is 6.07 Å². The van der Waals surface area contributed by atoms with Crippen LogP contribution in [0.1, 0.15) is 18.1 Å². The van der Waals surface area contributed by atoms with Crippen LogP contribution in [0.4, 0.5) is 11.6 Å². The largest absolute Gasteiger partial charge is 0.379 e. The Balaban J connectivity index is 1.31. The fraction of sp³-hybridized carbons (Fsp3) is 0.400. The minimum atomic E-state index is -4.14. The van der Waals surface area contributed by atoms with Crippen LogP contribution >= 0.6 is 23.2 Å². The molecule has 0 aliphatic carbocycles. The molecule has 0 bridgehead atoms. The SMILES string of the molecule is CC1(Cc2ccc(C#N)cc2)C(=O)N(c2cc(Cl)cc(Cl)c2)c2ncc(S(=O)(=O)N3CCN(C(=O)CN4CCOCC4)CC3)n21. The summed E-state index contributed by atoms with van der Waals surface area (Å²) in [6, 6.07) is 13.5. The molecule has 0 spiro atoms. The molecule has 1 atom stereocenters. The molecule has 0 saturated carbocycles. The molecule has 0 radical (unpaired) electrons. The zero-order valence-corrected chi connectivity index (χ0v) is 26.9. The number of sulfonamides is 1. The zero-order chi connectivity index (χ0) is 31.9. The Hall–Kier alpha value is -3.51. The minimum absolute atomic E-state index is 0.0457. The molecule has 2 saturated heterocycles. The van der Waals surface area contributed by atoms with E-state index in [0.29, 0.717) is 47.6 Å². The van der Waals surface area contributed by atoms with E-state index < -0.39 is 21.5 Å².